The molecular formula is C27H40N2O4. The fraction of sp³-hybridized carbons (Fsp3) is 0.667. The number of carbonyl (C=O) groups is 3. The van der Waals surface area contributed by atoms with Gasteiger partial charge in [-0.25, -0.2) is 0 Å². The van der Waals surface area contributed by atoms with Gasteiger partial charge in [-0.15, -0.1) is 0 Å². The van der Waals surface area contributed by atoms with Crippen LogP contribution in [0.4, 0.5) is 0 Å². The normalized spacial score (nSPS) is 20.1. The first kappa shape index (κ1) is 25.3. The van der Waals surface area contributed by atoms with Crippen molar-refractivity contribution in [3.05, 3.63) is 35.4 Å². The summed E-state index contributed by atoms with van der Waals surface area (Å²) >= 11 is 0. The van der Waals surface area contributed by atoms with Gasteiger partial charge < -0.3 is 14.5 Å². The van der Waals surface area contributed by atoms with E-state index in [1.54, 1.807) is 11.8 Å². The van der Waals surface area contributed by atoms with Gasteiger partial charge in [0.25, 0.3) is 0 Å². The third-order valence-corrected chi connectivity index (χ3v) is 7.11. The molecule has 3 rings (SSSR count). The van der Waals surface area contributed by atoms with E-state index in [0.717, 1.165) is 24.9 Å². The van der Waals surface area contributed by atoms with Crippen molar-refractivity contribution < 1.29 is 19.1 Å². The maximum atomic E-state index is 12.9. The van der Waals surface area contributed by atoms with E-state index in [-0.39, 0.29) is 30.7 Å². The van der Waals surface area contributed by atoms with E-state index in [1.807, 2.05) is 6.92 Å². The minimum Gasteiger partial charge on any atom is -0.465 e. The Bertz CT molecular complexity index is 790. The lowest BCUT2D eigenvalue weighted by molar-refractivity contribution is -0.149. The Balaban J connectivity index is 1.50. The highest BCUT2D eigenvalue weighted by Gasteiger charge is 2.35. The summed E-state index contributed by atoms with van der Waals surface area (Å²) in [6.07, 6.45) is 9.11. The fourth-order valence-corrected chi connectivity index (χ4v) is 5.30. The van der Waals surface area contributed by atoms with E-state index in [0.29, 0.717) is 44.4 Å². The molecule has 2 aliphatic rings. The number of nitrogens with zero attached hydrogens (tertiary/aromatic N) is 2. The van der Waals surface area contributed by atoms with Crippen molar-refractivity contribution in [2.75, 3.05) is 26.2 Å². The summed E-state index contributed by atoms with van der Waals surface area (Å²) in [4.78, 5) is 41.6. The minimum absolute atomic E-state index is 0.0393. The van der Waals surface area contributed by atoms with Crippen LogP contribution in [0.15, 0.2) is 24.3 Å². The summed E-state index contributed by atoms with van der Waals surface area (Å²) in [6, 6.07) is 8.62. The highest BCUT2D eigenvalue weighted by Crippen LogP contribution is 2.35. The number of carbonyl (C=O) groups excluding carboxylic acids is 3. The summed E-state index contributed by atoms with van der Waals surface area (Å²) in [5.41, 5.74) is 2.32. The minimum atomic E-state index is -0.387. The SMILES string of the molecule is CCOC(=O)CN(CCc1ccc(C)cc1)C(=O)CCCC(=O)N1CCCC2CCCCC21. The number of amides is 2. The molecule has 0 aromatic heterocycles. The van der Waals surface area contributed by atoms with Crippen LogP contribution in [0.1, 0.15) is 75.8 Å². The second kappa shape index (κ2) is 12.8. The number of hydrogen-bond acceptors (Lipinski definition) is 4. The van der Waals surface area contributed by atoms with Gasteiger partial charge in [0.1, 0.15) is 6.54 Å². The second-order valence-electron chi connectivity index (χ2n) is 9.55. The van der Waals surface area contributed by atoms with Crippen LogP contribution in [-0.2, 0) is 25.5 Å². The monoisotopic (exact) mass is 456 g/mol. The highest BCUT2D eigenvalue weighted by molar-refractivity contribution is 5.83. The van der Waals surface area contributed by atoms with Gasteiger partial charge in [-0.2, -0.15) is 0 Å². The van der Waals surface area contributed by atoms with Gasteiger partial charge in [-0.1, -0.05) is 42.7 Å². The molecule has 0 radical (unpaired) electrons. The Hall–Kier alpha value is -2.37. The lowest BCUT2D eigenvalue weighted by Crippen LogP contribution is -2.49. The molecule has 0 spiro atoms. The van der Waals surface area contributed by atoms with Gasteiger partial charge in [0.2, 0.25) is 11.8 Å². The first-order chi connectivity index (χ1) is 16.0. The highest BCUT2D eigenvalue weighted by atomic mass is 16.5. The summed E-state index contributed by atoms with van der Waals surface area (Å²) in [5.74, 6) is 0.385. The average molecular weight is 457 g/mol. The van der Waals surface area contributed by atoms with Gasteiger partial charge in [0.05, 0.1) is 6.61 Å². The number of benzene rings is 1. The number of likely N-dealkylation sites (tertiary alicyclic amines) is 1. The molecule has 6 nitrogen and oxygen atoms in total. The van der Waals surface area contributed by atoms with E-state index >= 15 is 0 Å². The molecule has 1 heterocycles. The van der Waals surface area contributed by atoms with Crippen molar-refractivity contribution in [3.8, 4) is 0 Å². The summed E-state index contributed by atoms with van der Waals surface area (Å²) in [6.45, 7) is 5.39. The van der Waals surface area contributed by atoms with Crippen LogP contribution in [0.2, 0.25) is 0 Å². The van der Waals surface area contributed by atoms with Gasteiger partial charge in [-0.05, 0) is 63.9 Å². The van der Waals surface area contributed by atoms with Crippen LogP contribution in [-0.4, -0.2) is 59.9 Å². The van der Waals surface area contributed by atoms with Crippen LogP contribution in [0, 0.1) is 12.8 Å². The molecule has 0 bridgehead atoms. The molecule has 1 aliphatic carbocycles. The van der Waals surface area contributed by atoms with E-state index in [2.05, 4.69) is 29.2 Å². The first-order valence-corrected chi connectivity index (χ1v) is 12.8. The Kier molecular flexibility index (Phi) is 9.76. The van der Waals surface area contributed by atoms with Gasteiger partial charge in [0, 0.05) is 32.0 Å². The molecule has 33 heavy (non-hydrogen) atoms. The standard InChI is InChI=1S/C27H40N2O4/c1-3-33-27(32)20-28(19-17-22-15-13-21(2)14-16-22)25(30)11-6-12-26(31)29-18-7-9-23-8-4-5-10-24(23)29/h13-16,23-24H,3-12,17-20H2,1-2H3. The van der Waals surface area contributed by atoms with Crippen LogP contribution in [0.3, 0.4) is 0 Å². The maximum absolute atomic E-state index is 12.9. The number of fused-ring (bicyclic) bond motifs is 1. The lowest BCUT2D eigenvalue weighted by atomic mass is 9.78. The Morgan fingerprint density at radius 1 is 1.03 bits per heavy atom. The van der Waals surface area contributed by atoms with E-state index < -0.39 is 0 Å². The molecular weight excluding hydrogens is 416 g/mol. The lowest BCUT2D eigenvalue weighted by Gasteiger charge is -2.44. The molecule has 182 valence electrons. The van der Waals surface area contributed by atoms with Crippen LogP contribution >= 0.6 is 0 Å². The van der Waals surface area contributed by atoms with Crippen molar-refractivity contribution in [3.63, 3.8) is 0 Å². The Morgan fingerprint density at radius 3 is 2.52 bits per heavy atom. The molecule has 1 aliphatic heterocycles. The molecule has 0 N–H and O–H groups in total. The second-order valence-corrected chi connectivity index (χ2v) is 9.55. The zero-order valence-electron chi connectivity index (χ0n) is 20.4. The smallest absolute Gasteiger partial charge is 0.325 e. The molecule has 2 unspecified atom stereocenters. The number of piperidine rings is 1. The van der Waals surface area contributed by atoms with Gasteiger partial charge >= 0.3 is 5.97 Å². The Labute approximate surface area is 198 Å². The van der Waals surface area contributed by atoms with E-state index in [4.69, 9.17) is 4.74 Å². The number of ether oxygens (including phenoxy) is 1. The molecule has 2 atom stereocenters. The Morgan fingerprint density at radius 2 is 1.76 bits per heavy atom. The zero-order valence-corrected chi connectivity index (χ0v) is 20.4. The molecule has 2 amide bonds. The quantitative estimate of drug-likeness (QED) is 0.493. The van der Waals surface area contributed by atoms with E-state index in [9.17, 15) is 14.4 Å². The summed E-state index contributed by atoms with van der Waals surface area (Å²) in [7, 11) is 0. The number of rotatable bonds is 10. The number of hydrogen-bond donors (Lipinski definition) is 0. The fourth-order valence-electron chi connectivity index (χ4n) is 5.30. The predicted octanol–water partition coefficient (Wildman–Crippen LogP) is 4.28. The number of esters is 1. The predicted molar refractivity (Wildman–Crippen MR) is 129 cm³/mol. The van der Waals surface area contributed by atoms with Crippen molar-refractivity contribution in [2.24, 2.45) is 5.92 Å². The van der Waals surface area contributed by atoms with Crippen LogP contribution in [0.5, 0.6) is 0 Å². The largest absolute Gasteiger partial charge is 0.465 e. The molecule has 6 heteroatoms. The average Bonchev–Trinajstić information content (AvgIpc) is 2.82. The van der Waals surface area contributed by atoms with Gasteiger partial charge in [0.15, 0.2) is 0 Å². The van der Waals surface area contributed by atoms with E-state index in [1.165, 1.54) is 31.2 Å². The zero-order chi connectivity index (χ0) is 23.6. The van der Waals surface area contributed by atoms with Crippen molar-refractivity contribution >= 4 is 17.8 Å². The molecule has 2 fully saturated rings. The van der Waals surface area contributed by atoms with Crippen LogP contribution < -0.4 is 0 Å². The van der Waals surface area contributed by atoms with Crippen LogP contribution in [0.25, 0.3) is 0 Å². The molecule has 1 aromatic rings. The van der Waals surface area contributed by atoms with Crippen molar-refractivity contribution in [1.82, 2.24) is 9.80 Å². The first-order valence-electron chi connectivity index (χ1n) is 12.8. The summed E-state index contributed by atoms with van der Waals surface area (Å²) in [5, 5.41) is 0. The van der Waals surface area contributed by atoms with Crippen molar-refractivity contribution in [1.29, 1.82) is 0 Å². The molecule has 1 saturated heterocycles. The topological polar surface area (TPSA) is 66.9 Å². The summed E-state index contributed by atoms with van der Waals surface area (Å²) < 4.78 is 5.07. The number of aryl methyl sites for hydroxylation is 1. The van der Waals surface area contributed by atoms with Crippen molar-refractivity contribution in [2.45, 2.75) is 84.1 Å². The molecule has 1 aromatic carbocycles. The third kappa shape index (κ3) is 7.58. The van der Waals surface area contributed by atoms with Gasteiger partial charge in [-0.3, -0.25) is 14.4 Å². The third-order valence-electron chi connectivity index (χ3n) is 7.11. The maximum Gasteiger partial charge on any atom is 0.325 e. The molecule has 1 saturated carbocycles.